The van der Waals surface area contributed by atoms with Gasteiger partial charge in [0, 0.05) is 10.9 Å². The zero-order valence-corrected chi connectivity index (χ0v) is 11.8. The highest BCUT2D eigenvalue weighted by Gasteiger charge is 2.14. The minimum absolute atomic E-state index is 0.0735. The summed E-state index contributed by atoms with van der Waals surface area (Å²) in [6, 6.07) is 10.3. The van der Waals surface area contributed by atoms with Crippen molar-refractivity contribution >= 4 is 22.1 Å². The topological polar surface area (TPSA) is 48.0 Å². The Morgan fingerprint density at radius 1 is 1.13 bits per heavy atom. The highest BCUT2D eigenvalue weighted by molar-refractivity contribution is 6.01. The Balaban J connectivity index is 1.88. The Hall–Kier alpha value is -3.02. The Morgan fingerprint density at radius 3 is 2.83 bits per heavy atom. The maximum atomic E-state index is 13.7. The summed E-state index contributed by atoms with van der Waals surface area (Å²) in [5, 5.41) is 0.740. The predicted molar refractivity (Wildman–Crippen MR) is 81.2 cm³/mol. The number of nitrogens with zero attached hydrogens (tertiary/aromatic N) is 2. The van der Waals surface area contributed by atoms with E-state index in [0.29, 0.717) is 11.1 Å². The summed E-state index contributed by atoms with van der Waals surface area (Å²) in [6.45, 7) is -0.123. The Morgan fingerprint density at radius 2 is 1.96 bits per heavy atom. The fraction of sp³-hybridized carbons (Fsp3) is 0.0588. The van der Waals surface area contributed by atoms with Gasteiger partial charge in [-0.25, -0.2) is 13.8 Å². The van der Waals surface area contributed by atoms with Crippen molar-refractivity contribution < 1.29 is 13.2 Å². The minimum atomic E-state index is -0.581. The van der Waals surface area contributed by atoms with Gasteiger partial charge in [-0.05, 0) is 30.3 Å². The Kier molecular flexibility index (Phi) is 2.97. The molecule has 0 aliphatic heterocycles. The van der Waals surface area contributed by atoms with Crippen molar-refractivity contribution in [1.29, 1.82) is 0 Å². The van der Waals surface area contributed by atoms with E-state index in [2.05, 4.69) is 4.98 Å². The van der Waals surface area contributed by atoms with Gasteiger partial charge in [-0.15, -0.1) is 0 Å². The zero-order chi connectivity index (χ0) is 16.0. The van der Waals surface area contributed by atoms with Crippen molar-refractivity contribution in [2.24, 2.45) is 0 Å². The van der Waals surface area contributed by atoms with Crippen LogP contribution in [-0.2, 0) is 6.54 Å². The normalized spacial score (nSPS) is 11.4. The number of hydrogen-bond donors (Lipinski definition) is 0. The van der Waals surface area contributed by atoms with Gasteiger partial charge in [0.15, 0.2) is 0 Å². The van der Waals surface area contributed by atoms with Gasteiger partial charge in [-0.3, -0.25) is 9.36 Å². The predicted octanol–water partition coefficient (Wildman–Crippen LogP) is 3.47. The van der Waals surface area contributed by atoms with Crippen LogP contribution >= 0.6 is 0 Å². The highest BCUT2D eigenvalue weighted by atomic mass is 19.1. The molecule has 0 radical (unpaired) electrons. The molecule has 4 rings (SSSR count). The van der Waals surface area contributed by atoms with E-state index in [1.165, 1.54) is 10.9 Å². The summed E-state index contributed by atoms with van der Waals surface area (Å²) < 4.78 is 33.7. The van der Waals surface area contributed by atoms with Crippen LogP contribution in [0.15, 0.2) is 58.0 Å². The number of rotatable bonds is 2. The highest BCUT2D eigenvalue weighted by Crippen LogP contribution is 2.24. The molecule has 0 saturated heterocycles. The molecule has 2 aromatic heterocycles. The molecule has 0 bridgehead atoms. The summed E-state index contributed by atoms with van der Waals surface area (Å²) in [6.07, 6.45) is 1.32. The van der Waals surface area contributed by atoms with Crippen LogP contribution in [0.25, 0.3) is 22.1 Å². The second kappa shape index (κ2) is 5.01. The first-order valence-electron chi connectivity index (χ1n) is 6.94. The smallest absolute Gasteiger partial charge is 0.297 e. The second-order valence-electron chi connectivity index (χ2n) is 5.19. The molecule has 4 aromatic rings. The summed E-state index contributed by atoms with van der Waals surface area (Å²) in [5.74, 6) is -1.14. The second-order valence-corrected chi connectivity index (χ2v) is 5.19. The van der Waals surface area contributed by atoms with Crippen LogP contribution in [0.5, 0.6) is 0 Å². The van der Waals surface area contributed by atoms with E-state index in [0.717, 1.165) is 23.6 Å². The van der Waals surface area contributed by atoms with Crippen LogP contribution in [0, 0.1) is 11.6 Å². The van der Waals surface area contributed by atoms with E-state index in [1.807, 2.05) is 12.1 Å². The number of hydrogen-bond acceptors (Lipinski definition) is 3. The van der Waals surface area contributed by atoms with E-state index in [-0.39, 0.29) is 17.7 Å². The molecule has 0 spiro atoms. The summed E-state index contributed by atoms with van der Waals surface area (Å²) in [5.41, 5.74) is 0.757. The van der Waals surface area contributed by atoms with E-state index in [9.17, 15) is 13.6 Å². The standard InChI is InChI=1S/C17H10F2N2O2/c18-11-5-6-13(19)10(7-11)8-21-9-20-15-12-3-1-2-4-14(12)23-16(15)17(21)22/h1-7,9H,8H2. The van der Waals surface area contributed by atoms with Gasteiger partial charge in [0.2, 0.25) is 5.58 Å². The van der Waals surface area contributed by atoms with Gasteiger partial charge in [-0.2, -0.15) is 0 Å². The number of fused-ring (bicyclic) bond motifs is 3. The largest absolute Gasteiger partial charge is 0.448 e. The van der Waals surface area contributed by atoms with Crippen LogP contribution in [0.3, 0.4) is 0 Å². The van der Waals surface area contributed by atoms with Crippen LogP contribution in [0.4, 0.5) is 8.78 Å². The number of furan rings is 1. The third kappa shape index (κ3) is 2.19. The van der Waals surface area contributed by atoms with Gasteiger partial charge in [-0.1, -0.05) is 12.1 Å². The Labute approximate surface area is 128 Å². The van der Waals surface area contributed by atoms with Gasteiger partial charge >= 0.3 is 0 Å². The lowest BCUT2D eigenvalue weighted by Crippen LogP contribution is -2.21. The van der Waals surface area contributed by atoms with E-state index < -0.39 is 17.2 Å². The average molecular weight is 312 g/mol. The lowest BCUT2D eigenvalue weighted by molar-refractivity contribution is 0.571. The van der Waals surface area contributed by atoms with Gasteiger partial charge in [0.1, 0.15) is 22.7 Å². The summed E-state index contributed by atoms with van der Waals surface area (Å²) in [7, 11) is 0. The van der Waals surface area contributed by atoms with Gasteiger partial charge in [0.25, 0.3) is 5.56 Å². The molecule has 23 heavy (non-hydrogen) atoms. The fourth-order valence-electron chi connectivity index (χ4n) is 2.58. The van der Waals surface area contributed by atoms with Crippen molar-refractivity contribution in [2.45, 2.75) is 6.54 Å². The molecule has 114 valence electrons. The zero-order valence-electron chi connectivity index (χ0n) is 11.8. The number of para-hydroxylation sites is 1. The molecule has 0 fully saturated rings. The molecule has 0 atom stereocenters. The van der Waals surface area contributed by atoms with E-state index in [4.69, 9.17) is 4.42 Å². The lowest BCUT2D eigenvalue weighted by Gasteiger charge is -2.06. The molecule has 2 heterocycles. The van der Waals surface area contributed by atoms with Gasteiger partial charge in [0.05, 0.1) is 12.9 Å². The van der Waals surface area contributed by atoms with Crippen LogP contribution < -0.4 is 5.56 Å². The molecule has 4 nitrogen and oxygen atoms in total. The molecular formula is C17H10F2N2O2. The molecule has 2 aromatic carbocycles. The fourth-order valence-corrected chi connectivity index (χ4v) is 2.58. The van der Waals surface area contributed by atoms with Crippen LogP contribution in [-0.4, -0.2) is 9.55 Å². The number of benzene rings is 2. The molecular weight excluding hydrogens is 302 g/mol. The summed E-state index contributed by atoms with van der Waals surface area (Å²) in [4.78, 5) is 16.7. The quantitative estimate of drug-likeness (QED) is 0.569. The Bertz CT molecular complexity index is 1100. The van der Waals surface area contributed by atoms with E-state index in [1.54, 1.807) is 12.1 Å². The first kappa shape index (κ1) is 13.6. The monoisotopic (exact) mass is 312 g/mol. The first-order chi connectivity index (χ1) is 11.1. The molecule has 0 amide bonds. The molecule has 0 N–H and O–H groups in total. The third-order valence-electron chi connectivity index (χ3n) is 3.70. The van der Waals surface area contributed by atoms with E-state index >= 15 is 0 Å². The third-order valence-corrected chi connectivity index (χ3v) is 3.70. The lowest BCUT2D eigenvalue weighted by atomic mass is 10.2. The average Bonchev–Trinajstić information content (AvgIpc) is 2.93. The molecule has 6 heteroatoms. The minimum Gasteiger partial charge on any atom is -0.448 e. The van der Waals surface area contributed by atoms with Crippen LogP contribution in [0.1, 0.15) is 5.56 Å². The SMILES string of the molecule is O=c1c2oc3ccccc3c2ncn1Cc1cc(F)ccc1F. The van der Waals surface area contributed by atoms with Crippen molar-refractivity contribution in [2.75, 3.05) is 0 Å². The first-order valence-corrected chi connectivity index (χ1v) is 6.94. The number of aromatic nitrogens is 2. The molecule has 0 unspecified atom stereocenters. The van der Waals surface area contributed by atoms with Gasteiger partial charge < -0.3 is 4.42 Å². The van der Waals surface area contributed by atoms with Crippen LogP contribution in [0.2, 0.25) is 0 Å². The summed E-state index contributed by atoms with van der Waals surface area (Å²) >= 11 is 0. The molecule has 0 saturated carbocycles. The van der Waals surface area contributed by atoms with Crippen molar-refractivity contribution in [3.63, 3.8) is 0 Å². The number of halogens is 2. The molecule has 0 aliphatic carbocycles. The maximum Gasteiger partial charge on any atom is 0.297 e. The maximum absolute atomic E-state index is 13.7. The van der Waals surface area contributed by atoms with Crippen molar-refractivity contribution in [1.82, 2.24) is 9.55 Å². The van der Waals surface area contributed by atoms with Crippen molar-refractivity contribution in [3.05, 3.63) is 76.3 Å². The molecule has 0 aliphatic rings. The van der Waals surface area contributed by atoms with Crippen molar-refractivity contribution in [3.8, 4) is 0 Å².